The molecule has 0 aromatic heterocycles. The maximum atomic E-state index is 12.4. The van der Waals surface area contributed by atoms with E-state index < -0.39 is 17.7 Å². The lowest BCUT2D eigenvalue weighted by Gasteiger charge is -2.20. The van der Waals surface area contributed by atoms with Gasteiger partial charge in [0.05, 0.1) is 6.10 Å². The summed E-state index contributed by atoms with van der Waals surface area (Å²) in [5.41, 5.74) is -0.775. The second-order valence-electron chi connectivity index (χ2n) is 6.40. The Kier molecular flexibility index (Phi) is 5.49. The maximum Gasteiger partial charge on any atom is 0.325 e. The second kappa shape index (κ2) is 7.02. The minimum Gasteiger partial charge on any atom is -0.391 e. The zero-order valence-electron chi connectivity index (χ0n) is 12.8. The average Bonchev–Trinajstić information content (AvgIpc) is 3.16. The number of aliphatic hydroxyl groups excluding tert-OH is 1. The zero-order valence-corrected chi connectivity index (χ0v) is 13.7. The van der Waals surface area contributed by atoms with Gasteiger partial charge in [-0.1, -0.05) is 12.8 Å². The Morgan fingerprint density at radius 2 is 2.00 bits per heavy atom. The van der Waals surface area contributed by atoms with Gasteiger partial charge in [-0.25, -0.2) is 4.79 Å². The van der Waals surface area contributed by atoms with Crippen LogP contribution in [0.4, 0.5) is 4.79 Å². The van der Waals surface area contributed by atoms with E-state index in [1.54, 1.807) is 0 Å². The highest BCUT2D eigenvalue weighted by molar-refractivity contribution is 6.09. The quantitative estimate of drug-likeness (QED) is 0.486. The van der Waals surface area contributed by atoms with E-state index >= 15 is 0 Å². The van der Waals surface area contributed by atoms with Crippen LogP contribution in [-0.2, 0) is 9.59 Å². The van der Waals surface area contributed by atoms with Gasteiger partial charge in [0.1, 0.15) is 12.1 Å². The first-order valence-electron chi connectivity index (χ1n) is 7.81. The first-order chi connectivity index (χ1) is 10.5. The fourth-order valence-corrected chi connectivity index (χ4v) is 3.51. The highest BCUT2D eigenvalue weighted by atomic mass is 35.5. The summed E-state index contributed by atoms with van der Waals surface area (Å²) in [6, 6.07) is -0.482. The third kappa shape index (κ3) is 3.44. The van der Waals surface area contributed by atoms with E-state index in [1.807, 2.05) is 0 Å². The molecule has 8 nitrogen and oxygen atoms in total. The Bertz CT molecular complexity index is 495. The summed E-state index contributed by atoms with van der Waals surface area (Å²) in [7, 11) is 0. The number of amides is 4. The summed E-state index contributed by atoms with van der Waals surface area (Å²) in [5.74, 6) is -0.696. The van der Waals surface area contributed by atoms with E-state index in [9.17, 15) is 19.5 Å². The van der Waals surface area contributed by atoms with Crippen molar-refractivity contribution in [2.24, 2.45) is 5.92 Å². The van der Waals surface area contributed by atoms with Gasteiger partial charge in [-0.05, 0) is 12.8 Å². The second-order valence-corrected chi connectivity index (χ2v) is 6.40. The molecule has 2 saturated heterocycles. The molecule has 0 aromatic carbocycles. The molecule has 1 aliphatic carbocycles. The van der Waals surface area contributed by atoms with Crippen molar-refractivity contribution in [2.75, 3.05) is 26.2 Å². The van der Waals surface area contributed by atoms with Crippen molar-refractivity contribution in [3.63, 3.8) is 0 Å². The van der Waals surface area contributed by atoms with Gasteiger partial charge >= 0.3 is 6.03 Å². The van der Waals surface area contributed by atoms with E-state index in [-0.39, 0.29) is 36.7 Å². The first kappa shape index (κ1) is 18.0. The summed E-state index contributed by atoms with van der Waals surface area (Å²) in [6.07, 6.45) is 2.65. The van der Waals surface area contributed by atoms with E-state index in [1.165, 1.54) is 0 Å². The Hall–Kier alpha value is -1.38. The summed E-state index contributed by atoms with van der Waals surface area (Å²) in [6.45, 7) is 1.24. The van der Waals surface area contributed by atoms with Crippen LogP contribution in [-0.4, -0.2) is 65.7 Å². The fraction of sp³-hybridized carbons (Fsp3) is 0.786. The Morgan fingerprint density at radius 1 is 1.30 bits per heavy atom. The lowest BCUT2D eigenvalue weighted by molar-refractivity contribution is -0.134. The largest absolute Gasteiger partial charge is 0.391 e. The number of rotatable bonds is 4. The van der Waals surface area contributed by atoms with Crippen molar-refractivity contribution in [3.8, 4) is 0 Å². The van der Waals surface area contributed by atoms with Crippen LogP contribution in [0.25, 0.3) is 0 Å². The van der Waals surface area contributed by atoms with Crippen LogP contribution in [0.5, 0.6) is 0 Å². The minimum absolute atomic E-state index is 0. The van der Waals surface area contributed by atoms with Gasteiger partial charge in [-0.2, -0.15) is 0 Å². The number of nitrogens with one attached hydrogen (secondary N) is 3. The van der Waals surface area contributed by atoms with E-state index in [0.29, 0.717) is 32.5 Å². The maximum absolute atomic E-state index is 12.4. The Morgan fingerprint density at radius 3 is 2.61 bits per heavy atom. The van der Waals surface area contributed by atoms with E-state index in [4.69, 9.17) is 0 Å². The minimum atomic E-state index is -0.775. The van der Waals surface area contributed by atoms with Gasteiger partial charge in [-0.15, -0.1) is 12.4 Å². The molecular weight excluding hydrogens is 324 g/mol. The molecule has 0 radical (unpaired) electrons. The average molecular weight is 347 g/mol. The number of imide groups is 1. The van der Waals surface area contributed by atoms with Gasteiger partial charge in [0, 0.05) is 25.6 Å². The number of hydrogen-bond donors (Lipinski definition) is 4. The third-order valence-electron chi connectivity index (χ3n) is 4.87. The summed E-state index contributed by atoms with van der Waals surface area (Å²) in [4.78, 5) is 37.3. The number of urea groups is 1. The molecule has 130 valence electrons. The number of carbonyl (C=O) groups excluding carboxylic acids is 3. The standard InChI is InChI=1S/C14H22N4O4.ClH/c19-10-7-15-5-9(10)6-16-11(20)8-18-12(21)14(17-13(18)22)3-1-2-4-14;/h9-10,15,19H,1-8H2,(H,16,20)(H,17,22);1H. The van der Waals surface area contributed by atoms with Crippen molar-refractivity contribution in [1.82, 2.24) is 20.9 Å². The number of nitrogens with zero attached hydrogens (tertiary/aromatic N) is 1. The van der Waals surface area contributed by atoms with Crippen molar-refractivity contribution in [2.45, 2.75) is 37.3 Å². The van der Waals surface area contributed by atoms with Crippen LogP contribution in [0.1, 0.15) is 25.7 Å². The Balaban J connectivity index is 0.00000192. The van der Waals surface area contributed by atoms with Gasteiger partial charge < -0.3 is 21.1 Å². The highest BCUT2D eigenvalue weighted by Crippen LogP contribution is 2.34. The van der Waals surface area contributed by atoms with Crippen LogP contribution in [0.2, 0.25) is 0 Å². The SMILES string of the molecule is Cl.O=C(CN1C(=O)NC2(CCCC2)C1=O)NCC1CNCC1O. The predicted octanol–water partition coefficient (Wildman–Crippen LogP) is -1.03. The summed E-state index contributed by atoms with van der Waals surface area (Å²) < 4.78 is 0. The molecule has 3 aliphatic rings. The topological polar surface area (TPSA) is 111 Å². The summed E-state index contributed by atoms with van der Waals surface area (Å²) >= 11 is 0. The van der Waals surface area contributed by atoms with Crippen molar-refractivity contribution < 1.29 is 19.5 Å². The third-order valence-corrected chi connectivity index (χ3v) is 4.87. The van der Waals surface area contributed by atoms with Crippen molar-refractivity contribution in [1.29, 1.82) is 0 Å². The molecule has 23 heavy (non-hydrogen) atoms. The number of aliphatic hydroxyl groups is 1. The van der Waals surface area contributed by atoms with Crippen molar-refractivity contribution in [3.05, 3.63) is 0 Å². The molecule has 2 unspecified atom stereocenters. The molecule has 3 fully saturated rings. The first-order valence-corrected chi connectivity index (χ1v) is 7.81. The summed E-state index contributed by atoms with van der Waals surface area (Å²) in [5, 5.41) is 18.1. The molecular formula is C14H23ClN4O4. The van der Waals surface area contributed by atoms with Gasteiger partial charge in [0.25, 0.3) is 5.91 Å². The van der Waals surface area contributed by atoms with Crippen LogP contribution < -0.4 is 16.0 Å². The molecule has 4 amide bonds. The molecule has 2 atom stereocenters. The number of hydrogen-bond acceptors (Lipinski definition) is 5. The number of halogens is 1. The fourth-order valence-electron chi connectivity index (χ4n) is 3.51. The van der Waals surface area contributed by atoms with Gasteiger partial charge in [0.2, 0.25) is 5.91 Å². The predicted molar refractivity (Wildman–Crippen MR) is 84.1 cm³/mol. The molecule has 0 bridgehead atoms. The molecule has 2 aliphatic heterocycles. The molecule has 1 spiro atoms. The van der Waals surface area contributed by atoms with E-state index in [2.05, 4.69) is 16.0 Å². The van der Waals surface area contributed by atoms with Crippen LogP contribution in [0.15, 0.2) is 0 Å². The molecule has 2 heterocycles. The van der Waals surface area contributed by atoms with Gasteiger partial charge in [0.15, 0.2) is 0 Å². The van der Waals surface area contributed by atoms with Crippen LogP contribution in [0, 0.1) is 5.92 Å². The van der Waals surface area contributed by atoms with Crippen LogP contribution >= 0.6 is 12.4 Å². The smallest absolute Gasteiger partial charge is 0.325 e. The molecule has 9 heteroatoms. The molecule has 1 saturated carbocycles. The Labute approximate surface area is 140 Å². The molecule has 0 aromatic rings. The normalized spacial score (nSPS) is 28.8. The molecule has 4 N–H and O–H groups in total. The van der Waals surface area contributed by atoms with E-state index in [0.717, 1.165) is 17.7 Å². The van der Waals surface area contributed by atoms with Crippen LogP contribution in [0.3, 0.4) is 0 Å². The number of β-amino-alcohol motifs (C(OH)–C–C–N with tert-alkyl or cyclic N) is 1. The number of carbonyl (C=O) groups is 3. The van der Waals surface area contributed by atoms with Crippen molar-refractivity contribution >= 4 is 30.3 Å². The van der Waals surface area contributed by atoms with Gasteiger partial charge in [-0.3, -0.25) is 14.5 Å². The highest BCUT2D eigenvalue weighted by Gasteiger charge is 2.52. The lowest BCUT2D eigenvalue weighted by atomic mass is 9.98. The molecule has 3 rings (SSSR count). The zero-order chi connectivity index (χ0) is 15.7. The lowest BCUT2D eigenvalue weighted by Crippen LogP contribution is -2.46. The monoisotopic (exact) mass is 346 g/mol.